The average Bonchev–Trinajstić information content (AvgIpc) is 2.40. The second-order valence-electron chi connectivity index (χ2n) is 7.46. The molecule has 2 N–H and O–H groups in total. The van der Waals surface area contributed by atoms with Crippen molar-refractivity contribution < 1.29 is 4.79 Å². The van der Waals surface area contributed by atoms with Crippen molar-refractivity contribution in [3.8, 4) is 0 Å². The molecule has 0 aromatic carbocycles. The first-order valence-electron chi connectivity index (χ1n) is 8.17. The zero-order valence-electron chi connectivity index (χ0n) is 14.2. The smallest absolute Gasteiger partial charge is 0.242 e. The van der Waals surface area contributed by atoms with Crippen LogP contribution < -0.4 is 5.73 Å². The van der Waals surface area contributed by atoms with Crippen LogP contribution in [0.3, 0.4) is 0 Å². The number of nitrogens with two attached hydrogens (primary N) is 1. The van der Waals surface area contributed by atoms with Gasteiger partial charge in [0.2, 0.25) is 5.91 Å². The third kappa shape index (κ3) is 6.23. The first-order chi connectivity index (χ1) is 9.36. The predicted molar refractivity (Wildman–Crippen MR) is 96.9 cm³/mol. The van der Waals surface area contributed by atoms with Crippen LogP contribution in [0.4, 0.5) is 0 Å². The summed E-state index contributed by atoms with van der Waals surface area (Å²) < 4.78 is 0. The normalized spacial score (nSPS) is 24.4. The molecular weight excluding hydrogens is 321 g/mol. The molecule has 22 heavy (non-hydrogen) atoms. The molecule has 2 rings (SSSR count). The molecule has 0 aromatic rings. The van der Waals surface area contributed by atoms with Gasteiger partial charge in [0.15, 0.2) is 0 Å². The number of piperidine rings is 2. The fourth-order valence-corrected chi connectivity index (χ4v) is 3.42. The zero-order valence-corrected chi connectivity index (χ0v) is 15.8. The molecule has 2 fully saturated rings. The largest absolute Gasteiger partial charge is 0.341 e. The molecule has 2 aliphatic rings. The van der Waals surface area contributed by atoms with Crippen LogP contribution in [0, 0.1) is 11.8 Å². The maximum Gasteiger partial charge on any atom is 0.242 e. The monoisotopic (exact) mass is 353 g/mol. The van der Waals surface area contributed by atoms with E-state index in [1.165, 1.54) is 32.4 Å². The summed E-state index contributed by atoms with van der Waals surface area (Å²) in [6.45, 7) is 11.4. The van der Waals surface area contributed by atoms with Crippen LogP contribution in [0.15, 0.2) is 0 Å². The lowest BCUT2D eigenvalue weighted by Crippen LogP contribution is -2.54. The topological polar surface area (TPSA) is 49.6 Å². The highest BCUT2D eigenvalue weighted by Crippen LogP contribution is 2.22. The lowest BCUT2D eigenvalue weighted by Gasteiger charge is -2.39. The Hall–Kier alpha value is -0.0300. The van der Waals surface area contributed by atoms with Crippen molar-refractivity contribution in [1.82, 2.24) is 9.80 Å². The van der Waals surface area contributed by atoms with Crippen LogP contribution in [-0.2, 0) is 4.79 Å². The number of halogens is 2. The van der Waals surface area contributed by atoms with Crippen LogP contribution >= 0.6 is 24.8 Å². The summed E-state index contributed by atoms with van der Waals surface area (Å²) in [4.78, 5) is 16.9. The van der Waals surface area contributed by atoms with Gasteiger partial charge in [0.25, 0.3) is 0 Å². The van der Waals surface area contributed by atoms with E-state index in [1.54, 1.807) is 0 Å². The number of carbonyl (C=O) groups is 1. The van der Waals surface area contributed by atoms with E-state index in [0.29, 0.717) is 5.92 Å². The summed E-state index contributed by atoms with van der Waals surface area (Å²) >= 11 is 0. The third-order valence-electron chi connectivity index (χ3n) is 4.75. The first-order valence-corrected chi connectivity index (χ1v) is 8.17. The minimum atomic E-state index is -0.734. The number of likely N-dealkylation sites (tertiary alicyclic amines) is 2. The van der Waals surface area contributed by atoms with Crippen LogP contribution in [0.5, 0.6) is 0 Å². The van der Waals surface area contributed by atoms with Gasteiger partial charge in [-0.15, -0.1) is 24.8 Å². The molecule has 2 aliphatic heterocycles. The lowest BCUT2D eigenvalue weighted by atomic mass is 9.93. The molecule has 132 valence electrons. The summed E-state index contributed by atoms with van der Waals surface area (Å²) in [5, 5.41) is 0. The van der Waals surface area contributed by atoms with Crippen molar-refractivity contribution in [2.75, 3.05) is 32.7 Å². The van der Waals surface area contributed by atoms with Gasteiger partial charge >= 0.3 is 0 Å². The molecule has 2 saturated heterocycles. The first kappa shape index (κ1) is 22.0. The van der Waals surface area contributed by atoms with E-state index in [4.69, 9.17) is 5.73 Å². The highest BCUT2D eigenvalue weighted by Gasteiger charge is 2.32. The number of hydrogen-bond acceptors (Lipinski definition) is 3. The minimum absolute atomic E-state index is 0. The Labute approximate surface area is 148 Å². The SMILES string of the molecule is CC1CCN(CC2CCCN(C(=O)C(C)(C)N)C2)CC1.Cl.Cl. The van der Waals surface area contributed by atoms with Crippen LogP contribution in [-0.4, -0.2) is 54.0 Å². The number of rotatable bonds is 3. The third-order valence-corrected chi connectivity index (χ3v) is 4.75. The van der Waals surface area contributed by atoms with E-state index in [1.807, 2.05) is 18.7 Å². The highest BCUT2D eigenvalue weighted by atomic mass is 35.5. The van der Waals surface area contributed by atoms with Gasteiger partial charge in [0, 0.05) is 19.6 Å². The molecule has 1 unspecified atom stereocenters. The number of nitrogens with zero attached hydrogens (tertiary/aromatic N) is 2. The zero-order chi connectivity index (χ0) is 14.8. The van der Waals surface area contributed by atoms with E-state index in [0.717, 1.165) is 32.0 Å². The van der Waals surface area contributed by atoms with Gasteiger partial charge in [-0.25, -0.2) is 0 Å². The van der Waals surface area contributed by atoms with Crippen LogP contribution in [0.1, 0.15) is 46.5 Å². The van der Waals surface area contributed by atoms with E-state index in [9.17, 15) is 4.79 Å². The van der Waals surface area contributed by atoms with Crippen LogP contribution in [0.25, 0.3) is 0 Å². The van der Waals surface area contributed by atoms with Gasteiger partial charge in [0.1, 0.15) is 0 Å². The molecular formula is C16H33Cl2N3O. The fraction of sp³-hybridized carbons (Fsp3) is 0.938. The Kier molecular flexibility index (Phi) is 9.30. The Morgan fingerprint density at radius 3 is 2.27 bits per heavy atom. The van der Waals surface area contributed by atoms with Crippen molar-refractivity contribution in [3.63, 3.8) is 0 Å². The highest BCUT2D eigenvalue weighted by molar-refractivity contribution is 5.86. The summed E-state index contributed by atoms with van der Waals surface area (Å²) in [6, 6.07) is 0. The molecule has 1 atom stereocenters. The van der Waals surface area contributed by atoms with Crippen molar-refractivity contribution in [2.24, 2.45) is 17.6 Å². The number of hydrogen-bond donors (Lipinski definition) is 1. The molecule has 2 heterocycles. The Morgan fingerprint density at radius 1 is 1.14 bits per heavy atom. The number of amides is 1. The molecule has 0 spiro atoms. The lowest BCUT2D eigenvalue weighted by molar-refractivity contribution is -0.137. The van der Waals surface area contributed by atoms with Gasteiger partial charge in [-0.1, -0.05) is 6.92 Å². The molecule has 6 heteroatoms. The maximum atomic E-state index is 12.3. The average molecular weight is 354 g/mol. The second kappa shape index (κ2) is 9.31. The van der Waals surface area contributed by atoms with Crippen molar-refractivity contribution in [3.05, 3.63) is 0 Å². The van der Waals surface area contributed by atoms with Gasteiger partial charge in [0.05, 0.1) is 5.54 Å². The molecule has 0 saturated carbocycles. The summed E-state index contributed by atoms with van der Waals surface area (Å²) in [5.41, 5.74) is 5.22. The van der Waals surface area contributed by atoms with Gasteiger partial charge in [-0.3, -0.25) is 4.79 Å². The molecule has 0 aromatic heterocycles. The van der Waals surface area contributed by atoms with E-state index >= 15 is 0 Å². The van der Waals surface area contributed by atoms with Crippen molar-refractivity contribution >= 4 is 30.7 Å². The molecule has 0 aliphatic carbocycles. The second-order valence-corrected chi connectivity index (χ2v) is 7.46. The van der Waals surface area contributed by atoms with Gasteiger partial charge in [-0.05, 0) is 64.5 Å². The summed E-state index contributed by atoms with van der Waals surface area (Å²) in [7, 11) is 0. The van der Waals surface area contributed by atoms with E-state index in [2.05, 4.69) is 11.8 Å². The predicted octanol–water partition coefficient (Wildman–Crippen LogP) is 2.54. The Morgan fingerprint density at radius 2 is 1.73 bits per heavy atom. The van der Waals surface area contributed by atoms with E-state index < -0.39 is 5.54 Å². The maximum absolute atomic E-state index is 12.3. The Bertz CT molecular complexity index is 339. The van der Waals surface area contributed by atoms with Gasteiger partial charge in [-0.2, -0.15) is 0 Å². The standard InChI is InChI=1S/C16H31N3O.2ClH/c1-13-6-9-18(10-7-13)11-14-5-4-8-19(12-14)15(20)16(2,3)17;;/h13-14H,4-12,17H2,1-3H3;2*1H. The Balaban J connectivity index is 0.00000220. The van der Waals surface area contributed by atoms with E-state index in [-0.39, 0.29) is 30.7 Å². The minimum Gasteiger partial charge on any atom is -0.341 e. The van der Waals surface area contributed by atoms with Crippen molar-refractivity contribution in [2.45, 2.75) is 52.0 Å². The number of carbonyl (C=O) groups excluding carboxylic acids is 1. The van der Waals surface area contributed by atoms with Crippen LogP contribution in [0.2, 0.25) is 0 Å². The van der Waals surface area contributed by atoms with Gasteiger partial charge < -0.3 is 15.5 Å². The molecule has 1 amide bonds. The van der Waals surface area contributed by atoms with Crippen molar-refractivity contribution in [1.29, 1.82) is 0 Å². The molecule has 4 nitrogen and oxygen atoms in total. The molecule has 0 radical (unpaired) electrons. The summed E-state index contributed by atoms with van der Waals surface area (Å²) in [6.07, 6.45) is 5.02. The fourth-order valence-electron chi connectivity index (χ4n) is 3.42. The summed E-state index contributed by atoms with van der Waals surface area (Å²) in [5.74, 6) is 1.62. The quantitative estimate of drug-likeness (QED) is 0.847. The molecule has 0 bridgehead atoms.